The second kappa shape index (κ2) is 8.57. The van der Waals surface area contributed by atoms with Crippen LogP contribution < -0.4 is 15.8 Å². The minimum Gasteiger partial charge on any atom is -0.504 e. The topological polar surface area (TPSA) is 243 Å². The number of aromatic hydroxyl groups is 1. The van der Waals surface area contributed by atoms with E-state index in [9.17, 15) is 40.9 Å². The van der Waals surface area contributed by atoms with Gasteiger partial charge >= 0.3 is 5.97 Å². The first kappa shape index (κ1) is 27.9. The van der Waals surface area contributed by atoms with E-state index in [0.717, 1.165) is 19.4 Å². The molecule has 5 fully saturated rings. The van der Waals surface area contributed by atoms with Crippen molar-refractivity contribution in [1.29, 1.82) is 0 Å². The second-order valence-electron chi connectivity index (χ2n) is 13.1. The average Bonchev–Trinajstić information content (AvgIpc) is 3.33. The molecule has 4 saturated heterocycles. The van der Waals surface area contributed by atoms with Crippen molar-refractivity contribution in [3.63, 3.8) is 0 Å². The Morgan fingerprint density at radius 1 is 1.09 bits per heavy atom. The highest BCUT2D eigenvalue weighted by Gasteiger charge is 2.83. The first-order valence-electron chi connectivity index (χ1n) is 14.5. The summed E-state index contributed by atoms with van der Waals surface area (Å²) >= 11 is 0. The number of rotatable bonds is 1. The molecule has 14 atom stereocenters. The van der Waals surface area contributed by atoms with Gasteiger partial charge in [-0.05, 0) is 38.1 Å². The maximum absolute atomic E-state index is 10.6. The molecule has 43 heavy (non-hydrogen) atoms. The van der Waals surface area contributed by atoms with Gasteiger partial charge in [0.25, 0.3) is 0 Å². The van der Waals surface area contributed by atoms with E-state index in [1.54, 1.807) is 6.07 Å². The van der Waals surface area contributed by atoms with Gasteiger partial charge in [-0.1, -0.05) is 18.2 Å². The maximum Gasteiger partial charge on any atom is 0.311 e. The van der Waals surface area contributed by atoms with E-state index in [1.807, 2.05) is 12.1 Å². The molecule has 9 aliphatic rings. The maximum atomic E-state index is 10.6. The van der Waals surface area contributed by atoms with E-state index in [1.165, 1.54) is 11.1 Å². The summed E-state index contributed by atoms with van der Waals surface area (Å²) in [6, 6.07) is 4.23. The van der Waals surface area contributed by atoms with Crippen molar-refractivity contribution >= 4 is 5.96 Å². The Kier molecular flexibility index (Phi) is 5.57. The van der Waals surface area contributed by atoms with Crippen molar-refractivity contribution in [2.45, 2.75) is 84.3 Å². The summed E-state index contributed by atoms with van der Waals surface area (Å²) in [6.07, 6.45) is -2.60. The number of likely N-dealkylation sites (N-methyl/N-ethyl adjacent to an activating group) is 1. The van der Waals surface area contributed by atoms with Crippen molar-refractivity contribution in [3.05, 3.63) is 35.4 Å². The fraction of sp³-hybridized carbons (Fsp3) is 0.679. The molecular weight excluding hydrogens is 568 g/mol. The third-order valence-corrected chi connectivity index (χ3v) is 11.4. The third-order valence-electron chi connectivity index (χ3n) is 11.4. The number of aliphatic imine (C=N–C) groups is 1. The number of nitrogens with zero attached hydrogens (tertiary/aromatic N) is 2. The highest BCUT2D eigenvalue weighted by Crippen LogP contribution is 2.62. The predicted molar refractivity (Wildman–Crippen MR) is 143 cm³/mol. The molecule has 2 spiro atoms. The number of hydrogen-bond acceptors (Lipinski definition) is 15. The van der Waals surface area contributed by atoms with Crippen molar-refractivity contribution in [2.24, 2.45) is 22.6 Å². The molecule has 6 aliphatic heterocycles. The van der Waals surface area contributed by atoms with E-state index in [-0.39, 0.29) is 23.2 Å². The van der Waals surface area contributed by atoms with Crippen LogP contribution in [0.2, 0.25) is 0 Å². The molecule has 11 N–H and O–H groups in total. The number of nitrogens with two attached hydrogens (primary N) is 1. The first-order valence-corrected chi connectivity index (χ1v) is 14.5. The fourth-order valence-electron chi connectivity index (χ4n) is 9.48. The van der Waals surface area contributed by atoms with Gasteiger partial charge in [-0.15, -0.1) is 0 Å². The average molecular weight is 605 g/mol. The summed E-state index contributed by atoms with van der Waals surface area (Å²) in [5, 5.41) is 84.9. The molecule has 0 aromatic heterocycles. The Morgan fingerprint density at radius 2 is 1.84 bits per heavy atom. The van der Waals surface area contributed by atoms with E-state index in [0.29, 0.717) is 17.7 Å². The molecule has 6 heterocycles. The molecule has 234 valence electrons. The quantitative estimate of drug-likeness (QED) is 0.136. The number of piperidine rings is 1. The van der Waals surface area contributed by atoms with Crippen LogP contribution in [0.3, 0.4) is 0 Å². The number of aliphatic hydroxyl groups is 7. The number of hydrogen-bond donors (Lipinski definition) is 10. The lowest BCUT2D eigenvalue weighted by molar-refractivity contribution is -0.548. The van der Waals surface area contributed by atoms with Crippen molar-refractivity contribution < 1.29 is 55.1 Å². The molecule has 10 rings (SSSR count). The first-order chi connectivity index (χ1) is 20.3. The Balaban J connectivity index is 0.000000129. The second-order valence-corrected chi connectivity index (χ2v) is 13.1. The Morgan fingerprint density at radius 3 is 2.58 bits per heavy atom. The molecule has 5 unspecified atom stereocenters. The summed E-state index contributed by atoms with van der Waals surface area (Å²) in [7, 11) is 2.19. The standard InChI is InChI=1S/C17H19NO3.C11H17N3O8/c1-18-7-6-17-10-3-5-13(20)16(17)21-15-12(19)4-2-9(14(15)17)8-11(10)18;12-8-13-6(17)2-4-9(19,1-15)5-3(16)10(2,14-8)7(18)11(20,21-4)22-5/h2-5,10-11,13,16,19-20H,6-8H2,1H3;2-7,15-20H,1H2,(H3,12,13,14)/t10-,11+,13-,16-,17-;2?,3-,4?,5?,6-,7+,9+,10?,11?/m01/s1. The summed E-state index contributed by atoms with van der Waals surface area (Å²) < 4.78 is 16.4. The highest BCUT2D eigenvalue weighted by molar-refractivity contribution is 5.80. The smallest absolute Gasteiger partial charge is 0.311 e. The number of likely N-dealkylation sites (tertiary alicyclic amines) is 1. The normalized spacial score (nSPS) is 52.7. The lowest BCUT2D eigenvalue weighted by Crippen LogP contribution is -2.95. The van der Waals surface area contributed by atoms with Crippen LogP contribution in [0.15, 0.2) is 29.3 Å². The SMILES string of the molecule is CN1CC[C@]23c4c5ccc(O)c4O[C@H]2[C@@H](O)C=C[C@H]3[C@H]1C5.NC1=N[C@H](O)C2C3OC4(O)OC([C@@H](O)C2(N1)[C@@H]4O)[C@]3(O)CO. The summed E-state index contributed by atoms with van der Waals surface area (Å²) in [6.45, 7) is 0.153. The molecular formula is C28H36N4O11. The largest absolute Gasteiger partial charge is 0.504 e. The Labute approximate surface area is 245 Å². The summed E-state index contributed by atoms with van der Waals surface area (Å²) in [5.41, 5.74) is 4.03. The van der Waals surface area contributed by atoms with Gasteiger partial charge in [0.15, 0.2) is 29.8 Å². The van der Waals surface area contributed by atoms with E-state index in [4.69, 9.17) is 19.9 Å². The summed E-state index contributed by atoms with van der Waals surface area (Å²) in [5.74, 6) is -2.76. The van der Waals surface area contributed by atoms with Gasteiger partial charge in [0, 0.05) is 22.9 Å². The van der Waals surface area contributed by atoms with Gasteiger partial charge in [0.2, 0.25) is 0 Å². The molecule has 1 aromatic rings. The number of nitrogens with one attached hydrogen (secondary N) is 1. The number of guanidine groups is 1. The van der Waals surface area contributed by atoms with E-state index in [2.05, 4.69) is 28.3 Å². The highest BCUT2D eigenvalue weighted by atomic mass is 16.9. The van der Waals surface area contributed by atoms with Gasteiger partial charge in [-0.2, -0.15) is 0 Å². The van der Waals surface area contributed by atoms with Gasteiger partial charge < -0.3 is 71.0 Å². The predicted octanol–water partition coefficient (Wildman–Crippen LogP) is -4.32. The molecule has 1 saturated carbocycles. The van der Waals surface area contributed by atoms with Crippen molar-refractivity contribution in [3.8, 4) is 11.5 Å². The van der Waals surface area contributed by atoms with Crippen LogP contribution in [0.4, 0.5) is 0 Å². The van der Waals surface area contributed by atoms with Gasteiger partial charge in [0.1, 0.15) is 41.7 Å². The molecule has 6 bridgehead atoms. The van der Waals surface area contributed by atoms with Crippen LogP contribution >= 0.6 is 0 Å². The summed E-state index contributed by atoms with van der Waals surface area (Å²) in [4.78, 5) is 6.13. The number of aliphatic hydroxyl groups excluding tert-OH is 5. The lowest BCUT2D eigenvalue weighted by Gasteiger charge is -2.71. The minimum absolute atomic E-state index is 0.160. The molecule has 15 nitrogen and oxygen atoms in total. The molecule has 3 aliphatic carbocycles. The number of phenols is 1. The van der Waals surface area contributed by atoms with Crippen LogP contribution in [-0.2, 0) is 21.3 Å². The molecule has 15 heteroatoms. The van der Waals surface area contributed by atoms with E-state index < -0.39 is 66.4 Å². The molecule has 0 amide bonds. The van der Waals surface area contributed by atoms with Crippen LogP contribution in [0, 0.1) is 11.8 Å². The van der Waals surface area contributed by atoms with Crippen LogP contribution in [0.1, 0.15) is 17.5 Å². The lowest BCUT2D eigenvalue weighted by atomic mass is 9.53. The number of ether oxygens (including phenoxy) is 3. The van der Waals surface area contributed by atoms with E-state index >= 15 is 0 Å². The zero-order valence-electron chi connectivity index (χ0n) is 23.2. The zero-order chi connectivity index (χ0) is 30.4. The number of benzene rings is 1. The van der Waals surface area contributed by atoms with Gasteiger partial charge in [-0.3, -0.25) is 0 Å². The minimum atomic E-state index is -2.52. The van der Waals surface area contributed by atoms with Crippen LogP contribution in [-0.4, -0.2) is 138 Å². The number of phenolic OH excluding ortho intramolecular Hbond substituents is 1. The molecule has 1 aromatic carbocycles. The van der Waals surface area contributed by atoms with Crippen LogP contribution in [0.25, 0.3) is 0 Å². The monoisotopic (exact) mass is 604 g/mol. The fourth-order valence-corrected chi connectivity index (χ4v) is 9.48. The molecule has 0 radical (unpaired) electrons. The Hall–Kier alpha value is -2.57. The zero-order valence-corrected chi connectivity index (χ0v) is 23.2. The van der Waals surface area contributed by atoms with Crippen molar-refractivity contribution in [1.82, 2.24) is 10.2 Å². The van der Waals surface area contributed by atoms with Gasteiger partial charge in [0.05, 0.1) is 12.5 Å². The van der Waals surface area contributed by atoms with Crippen LogP contribution in [0.5, 0.6) is 11.5 Å². The van der Waals surface area contributed by atoms with Crippen molar-refractivity contribution in [2.75, 3.05) is 20.2 Å². The third kappa shape index (κ3) is 3.10. The Bertz CT molecular complexity index is 1450. The van der Waals surface area contributed by atoms with Gasteiger partial charge in [-0.25, -0.2) is 4.99 Å².